The van der Waals surface area contributed by atoms with Crippen LogP contribution in [0.2, 0.25) is 0 Å². The number of fused-ring (bicyclic) bond motifs is 1. The third-order valence-electron chi connectivity index (χ3n) is 3.72. The van der Waals surface area contributed by atoms with E-state index in [4.69, 9.17) is 9.68 Å². The highest BCUT2D eigenvalue weighted by Crippen LogP contribution is 2.27. The molecular formula is C19H11N3O2S. The van der Waals surface area contributed by atoms with Crippen LogP contribution in [-0.2, 0) is 0 Å². The van der Waals surface area contributed by atoms with Gasteiger partial charge < -0.3 is 4.42 Å². The summed E-state index contributed by atoms with van der Waals surface area (Å²) in [5.74, 6) is -0.373. The van der Waals surface area contributed by atoms with Gasteiger partial charge in [0.1, 0.15) is 5.52 Å². The van der Waals surface area contributed by atoms with E-state index in [2.05, 4.69) is 15.7 Å². The van der Waals surface area contributed by atoms with Gasteiger partial charge in [-0.25, -0.2) is 0 Å². The van der Waals surface area contributed by atoms with Crippen LogP contribution in [0.1, 0.15) is 15.9 Å². The maximum atomic E-state index is 12.3. The Morgan fingerprint density at radius 1 is 1.16 bits per heavy atom. The normalized spacial score (nSPS) is 10.5. The Balaban J connectivity index is 1.61. The molecule has 0 aliphatic rings. The molecular weight excluding hydrogens is 334 g/mol. The number of hydrogen-bond acceptors (Lipinski definition) is 5. The van der Waals surface area contributed by atoms with Gasteiger partial charge in [-0.3, -0.25) is 10.1 Å². The molecule has 4 rings (SSSR count). The van der Waals surface area contributed by atoms with Gasteiger partial charge in [-0.2, -0.15) is 21.6 Å². The molecule has 0 fully saturated rings. The molecule has 4 aromatic rings. The number of carbonyl (C=O) groups is 1. The molecule has 0 saturated carbocycles. The lowest BCUT2D eigenvalue weighted by atomic mass is 10.1. The number of carbonyl (C=O) groups excluding carboxylic acids is 1. The molecule has 0 atom stereocenters. The summed E-state index contributed by atoms with van der Waals surface area (Å²) in [5, 5.41) is 15.6. The molecule has 0 aliphatic heterocycles. The molecule has 5 nitrogen and oxygen atoms in total. The quantitative estimate of drug-likeness (QED) is 0.585. The van der Waals surface area contributed by atoms with Crippen molar-refractivity contribution in [3.63, 3.8) is 0 Å². The van der Waals surface area contributed by atoms with E-state index in [9.17, 15) is 4.79 Å². The Kier molecular flexibility index (Phi) is 3.77. The van der Waals surface area contributed by atoms with Gasteiger partial charge in [0.25, 0.3) is 5.91 Å². The smallest absolute Gasteiger partial charge is 0.302 e. The fourth-order valence-electron chi connectivity index (χ4n) is 2.49. The Morgan fingerprint density at radius 3 is 2.88 bits per heavy atom. The predicted molar refractivity (Wildman–Crippen MR) is 96.4 cm³/mol. The van der Waals surface area contributed by atoms with Gasteiger partial charge in [-0.15, -0.1) is 0 Å². The summed E-state index contributed by atoms with van der Waals surface area (Å²) in [6, 6.07) is 16.3. The molecule has 1 N–H and O–H groups in total. The first-order chi connectivity index (χ1) is 12.2. The second-order valence-corrected chi connectivity index (χ2v) is 6.14. The molecule has 1 amide bonds. The number of rotatable bonds is 3. The van der Waals surface area contributed by atoms with E-state index in [1.807, 2.05) is 35.7 Å². The number of hydrogen-bond donors (Lipinski definition) is 1. The van der Waals surface area contributed by atoms with Crippen molar-refractivity contribution in [3.05, 3.63) is 70.4 Å². The lowest BCUT2D eigenvalue weighted by molar-refractivity contribution is 0.102. The zero-order valence-corrected chi connectivity index (χ0v) is 13.7. The number of aromatic nitrogens is 1. The first kappa shape index (κ1) is 15.1. The van der Waals surface area contributed by atoms with Crippen molar-refractivity contribution >= 4 is 34.4 Å². The van der Waals surface area contributed by atoms with Gasteiger partial charge in [-0.05, 0) is 58.3 Å². The first-order valence-corrected chi connectivity index (χ1v) is 8.42. The summed E-state index contributed by atoms with van der Waals surface area (Å²) in [4.78, 5) is 16.6. The number of nitriles is 1. The SMILES string of the molecule is N#Cc1cccc(C(=O)Nc2nc3cc(-c4ccsc4)ccc3o2)c1. The van der Waals surface area contributed by atoms with Crippen molar-refractivity contribution in [1.29, 1.82) is 5.26 Å². The fourth-order valence-corrected chi connectivity index (χ4v) is 3.15. The Hall–Kier alpha value is -3.43. The number of anilines is 1. The summed E-state index contributed by atoms with van der Waals surface area (Å²) in [7, 11) is 0. The standard InChI is InChI=1S/C19H11N3O2S/c20-10-12-2-1-3-14(8-12)18(23)22-19-21-16-9-13(4-5-17(16)24-19)15-6-7-25-11-15/h1-9,11H,(H,21,22,23). The number of nitrogens with one attached hydrogen (secondary N) is 1. The van der Waals surface area contributed by atoms with Crippen LogP contribution < -0.4 is 5.32 Å². The van der Waals surface area contributed by atoms with Gasteiger partial charge in [-0.1, -0.05) is 12.1 Å². The zero-order chi connectivity index (χ0) is 17.2. The molecule has 120 valence electrons. The topological polar surface area (TPSA) is 78.9 Å². The fraction of sp³-hybridized carbons (Fsp3) is 0. The molecule has 0 aliphatic carbocycles. The average Bonchev–Trinajstić information content (AvgIpc) is 3.30. The minimum absolute atomic E-state index is 0.129. The van der Waals surface area contributed by atoms with Crippen molar-refractivity contribution in [2.24, 2.45) is 0 Å². The van der Waals surface area contributed by atoms with Gasteiger partial charge in [0.15, 0.2) is 5.58 Å². The monoisotopic (exact) mass is 345 g/mol. The van der Waals surface area contributed by atoms with Gasteiger partial charge in [0, 0.05) is 5.56 Å². The highest BCUT2D eigenvalue weighted by molar-refractivity contribution is 7.08. The molecule has 25 heavy (non-hydrogen) atoms. The van der Waals surface area contributed by atoms with Crippen LogP contribution >= 0.6 is 11.3 Å². The summed E-state index contributed by atoms with van der Waals surface area (Å²) >= 11 is 1.63. The second kappa shape index (κ2) is 6.23. The summed E-state index contributed by atoms with van der Waals surface area (Å²) in [6.45, 7) is 0. The lowest BCUT2D eigenvalue weighted by Gasteiger charge is -2.00. The van der Waals surface area contributed by atoms with Crippen LogP contribution in [0.15, 0.2) is 63.7 Å². The predicted octanol–water partition coefficient (Wildman–Crippen LogP) is 4.68. The Labute approximate surface area is 147 Å². The van der Waals surface area contributed by atoms with Crippen molar-refractivity contribution < 1.29 is 9.21 Å². The molecule has 0 saturated heterocycles. The minimum atomic E-state index is -0.373. The van der Waals surface area contributed by atoms with E-state index < -0.39 is 0 Å². The van der Waals surface area contributed by atoms with Gasteiger partial charge in [0.2, 0.25) is 0 Å². The third-order valence-corrected chi connectivity index (χ3v) is 4.40. The van der Waals surface area contributed by atoms with Crippen LogP contribution in [-0.4, -0.2) is 10.9 Å². The number of amides is 1. The number of nitrogens with zero attached hydrogens (tertiary/aromatic N) is 2. The van der Waals surface area contributed by atoms with Crippen molar-refractivity contribution in [2.75, 3.05) is 5.32 Å². The van der Waals surface area contributed by atoms with Crippen molar-refractivity contribution in [1.82, 2.24) is 4.98 Å². The summed E-state index contributed by atoms with van der Waals surface area (Å²) < 4.78 is 5.58. The van der Waals surface area contributed by atoms with Crippen molar-refractivity contribution in [3.8, 4) is 17.2 Å². The van der Waals surface area contributed by atoms with Crippen LogP contribution in [0, 0.1) is 11.3 Å². The molecule has 2 aromatic carbocycles. The number of thiophene rings is 1. The Morgan fingerprint density at radius 2 is 2.08 bits per heavy atom. The Bertz CT molecular complexity index is 1110. The molecule has 0 radical (unpaired) electrons. The molecule has 0 bridgehead atoms. The maximum Gasteiger partial charge on any atom is 0.302 e. The van der Waals surface area contributed by atoms with E-state index in [-0.39, 0.29) is 11.9 Å². The lowest BCUT2D eigenvalue weighted by Crippen LogP contribution is -2.12. The van der Waals surface area contributed by atoms with Gasteiger partial charge in [0.05, 0.1) is 11.6 Å². The minimum Gasteiger partial charge on any atom is -0.423 e. The highest BCUT2D eigenvalue weighted by Gasteiger charge is 2.12. The third kappa shape index (κ3) is 3.01. The van der Waals surface area contributed by atoms with Crippen LogP contribution in [0.4, 0.5) is 6.01 Å². The van der Waals surface area contributed by atoms with Crippen LogP contribution in [0.5, 0.6) is 0 Å². The largest absolute Gasteiger partial charge is 0.423 e. The first-order valence-electron chi connectivity index (χ1n) is 7.47. The van der Waals surface area contributed by atoms with Crippen LogP contribution in [0.3, 0.4) is 0 Å². The number of benzene rings is 2. The molecule has 2 heterocycles. The van der Waals surface area contributed by atoms with E-state index >= 15 is 0 Å². The molecule has 2 aromatic heterocycles. The van der Waals surface area contributed by atoms with E-state index in [1.165, 1.54) is 6.07 Å². The number of oxazole rings is 1. The van der Waals surface area contributed by atoms with E-state index in [1.54, 1.807) is 29.5 Å². The average molecular weight is 345 g/mol. The summed E-state index contributed by atoms with van der Waals surface area (Å²) in [6.07, 6.45) is 0. The van der Waals surface area contributed by atoms with E-state index in [0.717, 1.165) is 11.1 Å². The van der Waals surface area contributed by atoms with Crippen molar-refractivity contribution in [2.45, 2.75) is 0 Å². The molecule has 0 spiro atoms. The maximum absolute atomic E-state index is 12.3. The highest BCUT2D eigenvalue weighted by atomic mass is 32.1. The van der Waals surface area contributed by atoms with E-state index in [0.29, 0.717) is 22.2 Å². The molecule has 6 heteroatoms. The molecule has 0 unspecified atom stereocenters. The second-order valence-electron chi connectivity index (χ2n) is 5.36. The zero-order valence-electron chi connectivity index (χ0n) is 12.9. The van der Waals surface area contributed by atoms with Gasteiger partial charge >= 0.3 is 6.01 Å². The summed E-state index contributed by atoms with van der Waals surface area (Å²) in [5.41, 5.74) is 4.23. The van der Waals surface area contributed by atoms with Crippen LogP contribution in [0.25, 0.3) is 22.2 Å².